The summed E-state index contributed by atoms with van der Waals surface area (Å²) in [4.78, 5) is 0. The summed E-state index contributed by atoms with van der Waals surface area (Å²) in [6.45, 7) is 7.21. The van der Waals surface area contributed by atoms with Crippen molar-refractivity contribution in [3.63, 3.8) is 0 Å². The van der Waals surface area contributed by atoms with E-state index < -0.39 is 0 Å². The summed E-state index contributed by atoms with van der Waals surface area (Å²) in [5.74, 6) is 0.961. The van der Waals surface area contributed by atoms with Crippen LogP contribution < -0.4 is 0 Å². The lowest BCUT2D eigenvalue weighted by Crippen LogP contribution is -2.30. The van der Waals surface area contributed by atoms with Gasteiger partial charge < -0.3 is 0 Å². The fourth-order valence-electron chi connectivity index (χ4n) is 3.19. The van der Waals surface area contributed by atoms with E-state index in [1.165, 1.54) is 51.4 Å². The molecule has 0 bridgehead atoms. The van der Waals surface area contributed by atoms with E-state index in [1.807, 2.05) is 0 Å². The average Bonchev–Trinajstić information content (AvgIpc) is 2.19. The second-order valence-corrected chi connectivity index (χ2v) is 4.97. The van der Waals surface area contributed by atoms with Crippen molar-refractivity contribution in [2.75, 3.05) is 0 Å². The maximum atomic E-state index is 2.48. The molecular weight excluding hydrogens is 156 g/mol. The first-order valence-electron chi connectivity index (χ1n) is 6.25. The van der Waals surface area contributed by atoms with Crippen LogP contribution in [0.5, 0.6) is 0 Å². The van der Waals surface area contributed by atoms with Crippen LogP contribution in [0, 0.1) is 11.3 Å². The molecule has 0 N–H and O–H groups in total. The van der Waals surface area contributed by atoms with Crippen molar-refractivity contribution >= 4 is 0 Å². The summed E-state index contributed by atoms with van der Waals surface area (Å²) in [5.41, 5.74) is 0.730. The Labute approximate surface area is 84.1 Å². The molecular formula is C13H26. The molecule has 1 aliphatic rings. The van der Waals surface area contributed by atoms with Crippen molar-refractivity contribution in [1.82, 2.24) is 0 Å². The standard InChI is InChI=1S/C13H26/c1-4-9-12(3)13(5-2)10-7-6-8-11-13/h12H,4-11H2,1-3H3. The van der Waals surface area contributed by atoms with Crippen molar-refractivity contribution in [2.24, 2.45) is 11.3 Å². The molecule has 0 aromatic rings. The molecule has 1 fully saturated rings. The van der Waals surface area contributed by atoms with Crippen molar-refractivity contribution < 1.29 is 0 Å². The molecule has 0 aromatic heterocycles. The molecule has 1 saturated carbocycles. The highest BCUT2D eigenvalue weighted by molar-refractivity contribution is 4.85. The molecule has 0 saturated heterocycles. The third kappa shape index (κ3) is 2.48. The Hall–Kier alpha value is 0. The first-order chi connectivity index (χ1) is 6.25. The van der Waals surface area contributed by atoms with Gasteiger partial charge in [0.25, 0.3) is 0 Å². The fraction of sp³-hybridized carbons (Fsp3) is 1.00. The van der Waals surface area contributed by atoms with E-state index in [0.717, 1.165) is 11.3 Å². The molecule has 0 radical (unpaired) electrons. The molecule has 0 amide bonds. The van der Waals surface area contributed by atoms with Gasteiger partial charge in [0.05, 0.1) is 0 Å². The van der Waals surface area contributed by atoms with Crippen LogP contribution in [0.1, 0.15) is 72.1 Å². The molecule has 13 heavy (non-hydrogen) atoms. The predicted molar refractivity (Wildman–Crippen MR) is 59.9 cm³/mol. The van der Waals surface area contributed by atoms with Crippen molar-refractivity contribution in [3.05, 3.63) is 0 Å². The molecule has 1 rings (SSSR count). The Balaban J connectivity index is 2.55. The third-order valence-electron chi connectivity index (χ3n) is 4.32. The van der Waals surface area contributed by atoms with Gasteiger partial charge in [-0.3, -0.25) is 0 Å². The van der Waals surface area contributed by atoms with Gasteiger partial charge in [0.1, 0.15) is 0 Å². The number of hydrogen-bond donors (Lipinski definition) is 0. The predicted octanol–water partition coefficient (Wildman–Crippen LogP) is 4.78. The van der Waals surface area contributed by atoms with E-state index >= 15 is 0 Å². The van der Waals surface area contributed by atoms with Gasteiger partial charge >= 0.3 is 0 Å². The van der Waals surface area contributed by atoms with E-state index in [4.69, 9.17) is 0 Å². The summed E-state index contributed by atoms with van der Waals surface area (Å²) in [6, 6.07) is 0. The first-order valence-corrected chi connectivity index (χ1v) is 6.25. The van der Waals surface area contributed by atoms with E-state index in [-0.39, 0.29) is 0 Å². The average molecular weight is 182 g/mol. The molecule has 0 heterocycles. The monoisotopic (exact) mass is 182 g/mol. The van der Waals surface area contributed by atoms with Gasteiger partial charge in [0.15, 0.2) is 0 Å². The van der Waals surface area contributed by atoms with E-state index in [1.54, 1.807) is 0 Å². The minimum absolute atomic E-state index is 0.730. The van der Waals surface area contributed by atoms with Crippen LogP contribution in [0.4, 0.5) is 0 Å². The fourth-order valence-corrected chi connectivity index (χ4v) is 3.19. The van der Waals surface area contributed by atoms with Gasteiger partial charge in [-0.05, 0) is 24.2 Å². The Bertz CT molecular complexity index is 131. The Morgan fingerprint density at radius 3 is 2.15 bits per heavy atom. The molecule has 0 aromatic carbocycles. The Kier molecular flexibility index (Phi) is 4.28. The van der Waals surface area contributed by atoms with E-state index in [2.05, 4.69) is 20.8 Å². The summed E-state index contributed by atoms with van der Waals surface area (Å²) in [5, 5.41) is 0. The lowest BCUT2D eigenvalue weighted by Gasteiger charge is -2.42. The normalized spacial score (nSPS) is 24.2. The van der Waals surface area contributed by atoms with Gasteiger partial charge in [0, 0.05) is 0 Å². The molecule has 1 atom stereocenters. The smallest absolute Gasteiger partial charge is 0.0274 e. The van der Waals surface area contributed by atoms with Crippen LogP contribution in [-0.4, -0.2) is 0 Å². The van der Waals surface area contributed by atoms with Gasteiger partial charge in [-0.15, -0.1) is 0 Å². The molecule has 0 nitrogen and oxygen atoms in total. The molecule has 0 aliphatic heterocycles. The molecule has 0 spiro atoms. The minimum atomic E-state index is 0.730. The molecule has 1 unspecified atom stereocenters. The zero-order valence-corrected chi connectivity index (χ0v) is 9.73. The molecule has 0 heteroatoms. The number of hydrogen-bond acceptors (Lipinski definition) is 0. The van der Waals surface area contributed by atoms with Crippen molar-refractivity contribution in [1.29, 1.82) is 0 Å². The van der Waals surface area contributed by atoms with Crippen LogP contribution in [0.25, 0.3) is 0 Å². The lowest BCUT2D eigenvalue weighted by molar-refractivity contribution is 0.0943. The second kappa shape index (κ2) is 5.02. The maximum absolute atomic E-state index is 2.48. The maximum Gasteiger partial charge on any atom is -0.0274 e. The van der Waals surface area contributed by atoms with Crippen LogP contribution in [-0.2, 0) is 0 Å². The SMILES string of the molecule is CCCC(C)C1(CC)CCCCC1. The quantitative estimate of drug-likeness (QED) is 0.587. The Morgan fingerprint density at radius 1 is 1.08 bits per heavy atom. The first kappa shape index (κ1) is 11.1. The summed E-state index contributed by atoms with van der Waals surface area (Å²) >= 11 is 0. The summed E-state index contributed by atoms with van der Waals surface area (Å²) in [6.07, 6.45) is 11.7. The summed E-state index contributed by atoms with van der Waals surface area (Å²) < 4.78 is 0. The van der Waals surface area contributed by atoms with Crippen molar-refractivity contribution in [3.8, 4) is 0 Å². The van der Waals surface area contributed by atoms with E-state index in [0.29, 0.717) is 0 Å². The number of rotatable bonds is 4. The summed E-state index contributed by atoms with van der Waals surface area (Å²) in [7, 11) is 0. The highest BCUT2D eigenvalue weighted by Gasteiger charge is 2.34. The second-order valence-electron chi connectivity index (χ2n) is 4.97. The Morgan fingerprint density at radius 2 is 1.69 bits per heavy atom. The van der Waals surface area contributed by atoms with Gasteiger partial charge in [-0.25, -0.2) is 0 Å². The van der Waals surface area contributed by atoms with Gasteiger partial charge in [-0.2, -0.15) is 0 Å². The lowest BCUT2D eigenvalue weighted by atomic mass is 9.64. The van der Waals surface area contributed by atoms with Gasteiger partial charge in [0.2, 0.25) is 0 Å². The largest absolute Gasteiger partial charge is 0.0654 e. The zero-order valence-electron chi connectivity index (χ0n) is 9.73. The zero-order chi connectivity index (χ0) is 9.73. The minimum Gasteiger partial charge on any atom is -0.0654 e. The highest BCUT2D eigenvalue weighted by Crippen LogP contribution is 2.46. The van der Waals surface area contributed by atoms with Gasteiger partial charge in [-0.1, -0.05) is 59.3 Å². The van der Waals surface area contributed by atoms with Crippen LogP contribution >= 0.6 is 0 Å². The molecule has 78 valence electrons. The third-order valence-corrected chi connectivity index (χ3v) is 4.32. The van der Waals surface area contributed by atoms with Crippen LogP contribution in [0.15, 0.2) is 0 Å². The highest BCUT2D eigenvalue weighted by atomic mass is 14.4. The van der Waals surface area contributed by atoms with Crippen LogP contribution in [0.2, 0.25) is 0 Å². The van der Waals surface area contributed by atoms with Crippen molar-refractivity contribution in [2.45, 2.75) is 72.1 Å². The van der Waals surface area contributed by atoms with Crippen LogP contribution in [0.3, 0.4) is 0 Å². The molecule has 1 aliphatic carbocycles. The topological polar surface area (TPSA) is 0 Å². The van der Waals surface area contributed by atoms with E-state index in [9.17, 15) is 0 Å².